The van der Waals surface area contributed by atoms with Crippen LogP contribution >= 0.6 is 11.6 Å². The van der Waals surface area contributed by atoms with Crippen LogP contribution in [0.2, 0.25) is 5.02 Å². The van der Waals surface area contributed by atoms with E-state index >= 15 is 0 Å². The molecule has 126 valence electrons. The van der Waals surface area contributed by atoms with E-state index in [4.69, 9.17) is 21.1 Å². The normalized spacial score (nSPS) is 11.5. The molecule has 2 aromatic rings. The number of rotatable bonds is 7. The average molecular weight is 348 g/mol. The van der Waals surface area contributed by atoms with Gasteiger partial charge in [0.1, 0.15) is 11.5 Å². The van der Waals surface area contributed by atoms with Gasteiger partial charge >= 0.3 is 0 Å². The monoisotopic (exact) mass is 347 g/mol. The fraction of sp³-hybridized carbons (Fsp3) is 0.222. The van der Waals surface area contributed by atoms with E-state index in [1.807, 2.05) is 25.1 Å². The van der Waals surface area contributed by atoms with Crippen molar-refractivity contribution in [1.29, 1.82) is 0 Å². The summed E-state index contributed by atoms with van der Waals surface area (Å²) in [6.07, 6.45) is 0.655. The van der Waals surface area contributed by atoms with E-state index in [-0.39, 0.29) is 18.6 Å². The molecule has 0 aliphatic carbocycles. The zero-order valence-electron chi connectivity index (χ0n) is 13.4. The minimum absolute atomic E-state index is 0.206. The van der Waals surface area contributed by atoms with Crippen molar-refractivity contribution in [3.63, 3.8) is 0 Å². The third-order valence-electron chi connectivity index (χ3n) is 3.45. The van der Waals surface area contributed by atoms with Gasteiger partial charge in [0.2, 0.25) is 0 Å². The fourth-order valence-electron chi connectivity index (χ4n) is 2.21. The number of hydrogen-bond donors (Lipinski definition) is 1. The first-order chi connectivity index (χ1) is 11.5. The Bertz CT molecular complexity index is 733. The van der Waals surface area contributed by atoms with Crippen molar-refractivity contribution >= 4 is 23.8 Å². The zero-order chi connectivity index (χ0) is 17.5. The van der Waals surface area contributed by atoms with Crippen LogP contribution in [0.5, 0.6) is 11.5 Å². The quantitative estimate of drug-likeness (QED) is 0.779. The number of amides is 1. The molecule has 2 aromatic carbocycles. The molecule has 0 unspecified atom stereocenters. The number of carbonyl (C=O) groups excluding carboxylic acids is 2. The second-order valence-corrected chi connectivity index (χ2v) is 5.53. The zero-order valence-corrected chi connectivity index (χ0v) is 14.2. The van der Waals surface area contributed by atoms with Crippen molar-refractivity contribution in [2.75, 3.05) is 13.7 Å². The highest BCUT2D eigenvalue weighted by Crippen LogP contribution is 2.23. The molecule has 0 radical (unpaired) electrons. The molecule has 0 fully saturated rings. The lowest BCUT2D eigenvalue weighted by Gasteiger charge is -2.16. The molecule has 0 saturated carbocycles. The van der Waals surface area contributed by atoms with Gasteiger partial charge in [-0.05, 0) is 36.8 Å². The molecule has 6 heteroatoms. The predicted molar refractivity (Wildman–Crippen MR) is 91.9 cm³/mol. The Balaban J connectivity index is 1.96. The van der Waals surface area contributed by atoms with Crippen molar-refractivity contribution in [1.82, 2.24) is 5.32 Å². The molecule has 0 bridgehead atoms. The van der Waals surface area contributed by atoms with Gasteiger partial charge in [-0.1, -0.05) is 29.8 Å². The molecular formula is C18H18ClNO4. The third kappa shape index (κ3) is 4.49. The summed E-state index contributed by atoms with van der Waals surface area (Å²) in [7, 11) is 1.51. The van der Waals surface area contributed by atoms with E-state index in [0.717, 1.165) is 5.56 Å². The lowest BCUT2D eigenvalue weighted by atomic mass is 10.1. The lowest BCUT2D eigenvalue weighted by molar-refractivity contribution is -0.123. The van der Waals surface area contributed by atoms with Crippen LogP contribution in [0.1, 0.15) is 28.9 Å². The van der Waals surface area contributed by atoms with Crippen LogP contribution in [0, 0.1) is 0 Å². The molecule has 1 amide bonds. The van der Waals surface area contributed by atoms with E-state index in [1.165, 1.54) is 7.11 Å². The Labute approximate surface area is 145 Å². The predicted octanol–water partition coefficient (Wildman–Crippen LogP) is 3.42. The molecule has 0 saturated heterocycles. The minimum atomic E-state index is -0.310. The molecule has 0 spiro atoms. The van der Waals surface area contributed by atoms with E-state index < -0.39 is 0 Å². The first kappa shape index (κ1) is 17.8. The Morgan fingerprint density at radius 3 is 2.71 bits per heavy atom. The number of ether oxygens (including phenoxy) is 2. The highest BCUT2D eigenvalue weighted by molar-refractivity contribution is 6.31. The fourth-order valence-corrected chi connectivity index (χ4v) is 2.51. The first-order valence-electron chi connectivity index (χ1n) is 7.35. The molecular weight excluding hydrogens is 330 g/mol. The van der Waals surface area contributed by atoms with Crippen LogP contribution in [0.15, 0.2) is 42.5 Å². The van der Waals surface area contributed by atoms with Gasteiger partial charge in [-0.25, -0.2) is 0 Å². The van der Waals surface area contributed by atoms with Gasteiger partial charge in [-0.3, -0.25) is 9.59 Å². The largest absolute Gasteiger partial charge is 0.497 e. The maximum Gasteiger partial charge on any atom is 0.258 e. The number of methoxy groups -OCH3 is 1. The van der Waals surface area contributed by atoms with Crippen molar-refractivity contribution in [2.24, 2.45) is 0 Å². The summed E-state index contributed by atoms with van der Waals surface area (Å²) in [5.74, 6) is 0.558. The second-order valence-electron chi connectivity index (χ2n) is 5.12. The standard InChI is InChI=1S/C18H18ClNO4/c1-12(15-5-3-4-6-16(15)19)20-18(22)11-24-17-8-7-14(23-2)9-13(17)10-21/h3-10,12H,11H2,1-2H3,(H,20,22)/t12-/m0/s1. The summed E-state index contributed by atoms with van der Waals surface area (Å²) in [5.41, 5.74) is 1.15. The van der Waals surface area contributed by atoms with Crippen LogP contribution in [0.3, 0.4) is 0 Å². The van der Waals surface area contributed by atoms with Gasteiger partial charge in [-0.2, -0.15) is 0 Å². The van der Waals surface area contributed by atoms with Crippen LogP contribution in [-0.4, -0.2) is 25.9 Å². The van der Waals surface area contributed by atoms with Gasteiger partial charge in [-0.15, -0.1) is 0 Å². The number of nitrogens with one attached hydrogen (secondary N) is 1. The molecule has 2 rings (SSSR count). The van der Waals surface area contributed by atoms with E-state index in [2.05, 4.69) is 5.32 Å². The topological polar surface area (TPSA) is 64.6 Å². The van der Waals surface area contributed by atoms with Crippen LogP contribution in [0.4, 0.5) is 0 Å². The Kier molecular flexibility index (Phi) is 6.21. The number of halogens is 1. The smallest absolute Gasteiger partial charge is 0.258 e. The summed E-state index contributed by atoms with van der Waals surface area (Å²) in [5, 5.41) is 3.39. The number of hydrogen-bond acceptors (Lipinski definition) is 4. The highest BCUT2D eigenvalue weighted by atomic mass is 35.5. The van der Waals surface area contributed by atoms with E-state index in [9.17, 15) is 9.59 Å². The van der Waals surface area contributed by atoms with Gasteiger partial charge in [0.15, 0.2) is 12.9 Å². The van der Waals surface area contributed by atoms with Gasteiger partial charge in [0.25, 0.3) is 5.91 Å². The molecule has 0 aliphatic rings. The highest BCUT2D eigenvalue weighted by Gasteiger charge is 2.13. The van der Waals surface area contributed by atoms with Gasteiger partial charge in [0, 0.05) is 5.02 Å². The Morgan fingerprint density at radius 1 is 1.29 bits per heavy atom. The summed E-state index contributed by atoms with van der Waals surface area (Å²) in [6.45, 7) is 1.63. The minimum Gasteiger partial charge on any atom is -0.497 e. The number of aldehydes is 1. The van der Waals surface area contributed by atoms with Crippen molar-refractivity contribution < 1.29 is 19.1 Å². The number of benzene rings is 2. The van der Waals surface area contributed by atoms with Gasteiger partial charge in [0.05, 0.1) is 18.7 Å². The Hall–Kier alpha value is -2.53. The summed E-state index contributed by atoms with van der Waals surface area (Å²) in [6, 6.07) is 11.8. The van der Waals surface area contributed by atoms with Crippen molar-refractivity contribution in [2.45, 2.75) is 13.0 Å². The summed E-state index contributed by atoms with van der Waals surface area (Å²) >= 11 is 6.11. The van der Waals surface area contributed by atoms with Crippen LogP contribution < -0.4 is 14.8 Å². The molecule has 0 aliphatic heterocycles. The van der Waals surface area contributed by atoms with Gasteiger partial charge < -0.3 is 14.8 Å². The molecule has 1 N–H and O–H groups in total. The molecule has 24 heavy (non-hydrogen) atoms. The lowest BCUT2D eigenvalue weighted by Crippen LogP contribution is -2.31. The molecule has 5 nitrogen and oxygen atoms in total. The Morgan fingerprint density at radius 2 is 2.04 bits per heavy atom. The molecule has 0 aromatic heterocycles. The summed E-state index contributed by atoms with van der Waals surface area (Å²) in [4.78, 5) is 23.1. The van der Waals surface area contributed by atoms with E-state index in [1.54, 1.807) is 24.3 Å². The van der Waals surface area contributed by atoms with Crippen LogP contribution in [-0.2, 0) is 4.79 Å². The third-order valence-corrected chi connectivity index (χ3v) is 3.80. The van der Waals surface area contributed by atoms with Crippen LogP contribution in [0.25, 0.3) is 0 Å². The SMILES string of the molecule is COc1ccc(OCC(=O)N[C@@H](C)c2ccccc2Cl)c(C=O)c1. The van der Waals surface area contributed by atoms with Crippen molar-refractivity contribution in [3.05, 3.63) is 58.6 Å². The van der Waals surface area contributed by atoms with Crippen molar-refractivity contribution in [3.8, 4) is 11.5 Å². The first-order valence-corrected chi connectivity index (χ1v) is 7.72. The second kappa shape index (κ2) is 8.36. The maximum absolute atomic E-state index is 12.0. The van der Waals surface area contributed by atoms with E-state index in [0.29, 0.717) is 28.4 Å². The maximum atomic E-state index is 12.0. The molecule has 1 atom stereocenters. The summed E-state index contributed by atoms with van der Waals surface area (Å²) < 4.78 is 10.5. The number of carbonyl (C=O) groups is 2. The average Bonchev–Trinajstić information content (AvgIpc) is 2.60. The molecule has 0 heterocycles.